The van der Waals surface area contributed by atoms with Crippen molar-refractivity contribution in [3.63, 3.8) is 0 Å². The molecule has 12 heavy (non-hydrogen) atoms. The largest absolute Gasteiger partial charge is 0.531 e. The molecule has 0 heterocycles. The van der Waals surface area contributed by atoms with Crippen LogP contribution >= 0.6 is 7.91 Å². The first-order chi connectivity index (χ1) is 5.27. The summed E-state index contributed by atoms with van der Waals surface area (Å²) in [5.41, 5.74) is 0. The van der Waals surface area contributed by atoms with E-state index in [1.165, 1.54) is 6.92 Å². The van der Waals surface area contributed by atoms with Crippen molar-refractivity contribution in [2.45, 2.75) is 19.7 Å². The molecule has 74 valence electrons. The fourth-order valence-corrected chi connectivity index (χ4v) is 1.05. The molecule has 0 saturated heterocycles. The van der Waals surface area contributed by atoms with Gasteiger partial charge in [0, 0.05) is 0 Å². The Kier molecular flexibility index (Phi) is 4.16. The molecule has 0 aliphatic heterocycles. The molecule has 0 aromatic carbocycles. The van der Waals surface area contributed by atoms with E-state index in [-0.39, 0.29) is 13.0 Å². The van der Waals surface area contributed by atoms with Crippen LogP contribution in [0.5, 0.6) is 0 Å². The van der Waals surface area contributed by atoms with Gasteiger partial charge in [0.25, 0.3) is 0 Å². The fraction of sp³-hybridized carbons (Fsp3) is 1.00. The van der Waals surface area contributed by atoms with Crippen molar-refractivity contribution in [2.24, 2.45) is 0 Å². The van der Waals surface area contributed by atoms with Gasteiger partial charge in [-0.25, -0.2) is 4.57 Å². The maximum atomic E-state index is 12.2. The van der Waals surface area contributed by atoms with E-state index in [1.54, 1.807) is 0 Å². The van der Waals surface area contributed by atoms with Gasteiger partial charge in [0.15, 0.2) is 0 Å². The Morgan fingerprint density at radius 2 is 1.92 bits per heavy atom. The Hall–Kier alpha value is -0.130. The molecule has 0 rings (SSSR count). The second-order valence-electron chi connectivity index (χ2n) is 1.80. The summed E-state index contributed by atoms with van der Waals surface area (Å²) in [4.78, 5) is 0. The minimum Gasteiger partial charge on any atom is -0.283 e. The second-order valence-corrected chi connectivity index (χ2v) is 3.10. The standard InChI is InChI=1S/C4H7F4O3P/c1-2-3-10-12(8,9)11-4(5,6)7/h2-3H2,1H3. The van der Waals surface area contributed by atoms with Crippen LogP contribution in [-0.2, 0) is 13.6 Å². The summed E-state index contributed by atoms with van der Waals surface area (Å²) in [5.74, 6) is 0. The molecular weight excluding hydrogens is 203 g/mol. The Morgan fingerprint density at radius 1 is 1.42 bits per heavy atom. The highest BCUT2D eigenvalue weighted by Crippen LogP contribution is 2.54. The lowest BCUT2D eigenvalue weighted by Crippen LogP contribution is -2.11. The van der Waals surface area contributed by atoms with E-state index in [4.69, 9.17) is 0 Å². The number of alkyl halides is 3. The zero-order valence-corrected chi connectivity index (χ0v) is 6.99. The summed E-state index contributed by atoms with van der Waals surface area (Å²) in [7, 11) is -5.46. The summed E-state index contributed by atoms with van der Waals surface area (Å²) in [5, 5.41) is 0. The molecule has 0 fully saturated rings. The number of halogens is 4. The normalized spacial score (nSPS) is 17.4. The number of rotatable bonds is 4. The van der Waals surface area contributed by atoms with Gasteiger partial charge in [0.1, 0.15) is 0 Å². The van der Waals surface area contributed by atoms with Gasteiger partial charge < -0.3 is 0 Å². The van der Waals surface area contributed by atoms with Crippen LogP contribution in [-0.4, -0.2) is 13.0 Å². The van der Waals surface area contributed by atoms with E-state index in [0.29, 0.717) is 0 Å². The van der Waals surface area contributed by atoms with Crippen molar-refractivity contribution >= 4 is 7.91 Å². The monoisotopic (exact) mass is 210 g/mol. The van der Waals surface area contributed by atoms with Crippen molar-refractivity contribution < 1.29 is 31.0 Å². The van der Waals surface area contributed by atoms with Gasteiger partial charge >= 0.3 is 14.3 Å². The zero-order valence-electron chi connectivity index (χ0n) is 6.10. The molecule has 0 radical (unpaired) electrons. The Balaban J connectivity index is 3.96. The van der Waals surface area contributed by atoms with Gasteiger partial charge in [0.05, 0.1) is 6.61 Å². The van der Waals surface area contributed by atoms with Crippen LogP contribution < -0.4 is 0 Å². The van der Waals surface area contributed by atoms with Crippen LogP contribution in [0.1, 0.15) is 13.3 Å². The lowest BCUT2D eigenvalue weighted by Gasteiger charge is -2.10. The molecule has 0 aliphatic carbocycles. The predicted octanol–water partition coefficient (Wildman–Crippen LogP) is 3.03. The van der Waals surface area contributed by atoms with Gasteiger partial charge in [-0.2, -0.15) is 4.52 Å². The molecule has 8 heteroatoms. The van der Waals surface area contributed by atoms with Crippen LogP contribution in [0.2, 0.25) is 0 Å². The summed E-state index contributed by atoms with van der Waals surface area (Å²) in [6.45, 7) is 1.14. The van der Waals surface area contributed by atoms with E-state index in [2.05, 4.69) is 9.05 Å². The van der Waals surface area contributed by atoms with E-state index >= 15 is 0 Å². The first kappa shape index (κ1) is 11.9. The first-order valence-electron chi connectivity index (χ1n) is 2.98. The molecule has 0 bridgehead atoms. The molecule has 0 saturated carbocycles. The van der Waals surface area contributed by atoms with Crippen molar-refractivity contribution in [2.75, 3.05) is 6.61 Å². The zero-order chi connectivity index (χ0) is 9.83. The fourth-order valence-electron chi connectivity index (χ4n) is 0.350. The van der Waals surface area contributed by atoms with Crippen LogP contribution in [0.4, 0.5) is 17.4 Å². The van der Waals surface area contributed by atoms with Gasteiger partial charge in [-0.1, -0.05) is 6.92 Å². The average Bonchev–Trinajstić information content (AvgIpc) is 1.78. The molecule has 3 nitrogen and oxygen atoms in total. The van der Waals surface area contributed by atoms with Gasteiger partial charge in [-0.15, -0.1) is 17.4 Å². The highest BCUT2D eigenvalue weighted by atomic mass is 31.2. The van der Waals surface area contributed by atoms with Gasteiger partial charge in [-0.05, 0) is 6.42 Å². The second kappa shape index (κ2) is 4.20. The lowest BCUT2D eigenvalue weighted by molar-refractivity contribution is -0.281. The first-order valence-corrected chi connectivity index (χ1v) is 4.42. The highest BCUT2D eigenvalue weighted by molar-refractivity contribution is 7.48. The van der Waals surface area contributed by atoms with Gasteiger partial charge in [0.2, 0.25) is 0 Å². The molecule has 0 aliphatic rings. The molecular formula is C4H7F4O3P. The minimum absolute atomic E-state index is 0.245. The Bertz CT molecular complexity index is 180. The van der Waals surface area contributed by atoms with E-state index < -0.39 is 14.3 Å². The number of hydrogen-bond donors (Lipinski definition) is 0. The third-order valence-corrected chi connectivity index (χ3v) is 1.58. The molecule has 0 N–H and O–H groups in total. The molecule has 0 amide bonds. The molecule has 0 aromatic rings. The maximum absolute atomic E-state index is 12.2. The van der Waals surface area contributed by atoms with Gasteiger partial charge in [-0.3, -0.25) is 4.52 Å². The third kappa shape index (κ3) is 6.57. The van der Waals surface area contributed by atoms with Crippen LogP contribution in [0.3, 0.4) is 0 Å². The maximum Gasteiger partial charge on any atom is 0.531 e. The quantitative estimate of drug-likeness (QED) is 0.528. The van der Waals surface area contributed by atoms with Crippen molar-refractivity contribution in [1.82, 2.24) is 0 Å². The number of hydrogen-bond acceptors (Lipinski definition) is 3. The van der Waals surface area contributed by atoms with Crippen molar-refractivity contribution in [3.8, 4) is 0 Å². The van der Waals surface area contributed by atoms with Crippen LogP contribution in [0, 0.1) is 0 Å². The minimum atomic E-state index is -5.46. The Morgan fingerprint density at radius 3 is 2.25 bits per heavy atom. The molecule has 1 atom stereocenters. The summed E-state index contributed by atoms with van der Waals surface area (Å²) in [6, 6.07) is 0. The van der Waals surface area contributed by atoms with Crippen LogP contribution in [0.15, 0.2) is 0 Å². The smallest absolute Gasteiger partial charge is 0.283 e. The summed E-state index contributed by atoms with van der Waals surface area (Å²) in [6.07, 6.45) is -5.03. The highest BCUT2D eigenvalue weighted by Gasteiger charge is 2.42. The SMILES string of the molecule is CCCOP(=O)(F)OC(F)(F)F. The van der Waals surface area contributed by atoms with E-state index in [1.807, 2.05) is 0 Å². The molecule has 0 aromatic heterocycles. The predicted molar refractivity (Wildman–Crippen MR) is 32.1 cm³/mol. The molecule has 1 unspecified atom stereocenters. The van der Waals surface area contributed by atoms with E-state index in [9.17, 15) is 21.9 Å². The van der Waals surface area contributed by atoms with Crippen LogP contribution in [0.25, 0.3) is 0 Å². The molecule has 0 spiro atoms. The van der Waals surface area contributed by atoms with E-state index in [0.717, 1.165) is 0 Å². The van der Waals surface area contributed by atoms with Crippen molar-refractivity contribution in [3.05, 3.63) is 0 Å². The Labute approximate surface area is 66.3 Å². The topological polar surface area (TPSA) is 35.5 Å². The van der Waals surface area contributed by atoms with Crippen molar-refractivity contribution in [1.29, 1.82) is 0 Å². The lowest BCUT2D eigenvalue weighted by atomic mass is 10.5. The third-order valence-electron chi connectivity index (χ3n) is 0.662. The average molecular weight is 210 g/mol. The summed E-state index contributed by atoms with van der Waals surface area (Å²) < 4.78 is 62.4. The summed E-state index contributed by atoms with van der Waals surface area (Å²) >= 11 is 0.